The first-order valence-electron chi connectivity index (χ1n) is 8.78. The molecule has 136 valence electrons. The van der Waals surface area contributed by atoms with Crippen molar-refractivity contribution in [2.24, 2.45) is 0 Å². The van der Waals surface area contributed by atoms with Crippen molar-refractivity contribution in [1.82, 2.24) is 9.97 Å². The summed E-state index contributed by atoms with van der Waals surface area (Å²) in [7, 11) is 1.66. The zero-order chi connectivity index (χ0) is 19.0. The Balaban J connectivity index is 1.83. The van der Waals surface area contributed by atoms with Crippen LogP contribution < -0.4 is 10.3 Å². The van der Waals surface area contributed by atoms with Crippen molar-refractivity contribution in [2.45, 2.75) is 20.3 Å². The lowest BCUT2D eigenvalue weighted by molar-refractivity contribution is 0.412. The van der Waals surface area contributed by atoms with E-state index < -0.39 is 0 Å². The van der Waals surface area contributed by atoms with Crippen molar-refractivity contribution < 1.29 is 4.74 Å². The molecule has 0 aliphatic carbocycles. The number of ether oxygens (including phenoxy) is 1. The van der Waals surface area contributed by atoms with Crippen LogP contribution in [0.5, 0.6) is 5.75 Å². The highest BCUT2D eigenvalue weighted by atomic mass is 32.1. The predicted octanol–water partition coefficient (Wildman–Crippen LogP) is 4.87. The number of hydrogen-bond donors (Lipinski definition) is 1. The van der Waals surface area contributed by atoms with Crippen LogP contribution in [0.15, 0.2) is 53.3 Å². The second kappa shape index (κ2) is 7.00. The highest BCUT2D eigenvalue weighted by Crippen LogP contribution is 2.37. The molecule has 2 aromatic heterocycles. The molecular weight excluding hydrogens is 356 g/mol. The number of aryl methyl sites for hydroxylation is 2. The molecular formula is C22H20N2O2S. The average Bonchev–Trinajstić information content (AvgIpc) is 2.99. The minimum Gasteiger partial charge on any atom is -0.496 e. The van der Waals surface area contributed by atoms with Crippen LogP contribution in [0.3, 0.4) is 0 Å². The minimum atomic E-state index is -0.0845. The van der Waals surface area contributed by atoms with Gasteiger partial charge in [0.15, 0.2) is 0 Å². The molecule has 5 heteroatoms. The summed E-state index contributed by atoms with van der Waals surface area (Å²) in [6.07, 6.45) is 0.611. The van der Waals surface area contributed by atoms with Gasteiger partial charge in [0.05, 0.1) is 12.5 Å². The number of H-pyrrole nitrogens is 1. The van der Waals surface area contributed by atoms with Gasteiger partial charge in [0.1, 0.15) is 16.4 Å². The second-order valence-electron chi connectivity index (χ2n) is 6.57. The Kier molecular flexibility index (Phi) is 4.54. The molecule has 0 saturated carbocycles. The highest BCUT2D eigenvalue weighted by molar-refractivity contribution is 7.19. The first-order valence-corrected chi connectivity index (χ1v) is 9.59. The highest BCUT2D eigenvalue weighted by Gasteiger charge is 2.17. The summed E-state index contributed by atoms with van der Waals surface area (Å²) in [6.45, 7) is 4.05. The SMILES string of the molecule is COc1ccc(-c2c(C)sc3nc(Cc4ccccc4)[nH]c(=O)c23)cc1C. The summed E-state index contributed by atoms with van der Waals surface area (Å²) < 4.78 is 5.35. The molecule has 0 bridgehead atoms. The number of rotatable bonds is 4. The van der Waals surface area contributed by atoms with Gasteiger partial charge in [0.25, 0.3) is 5.56 Å². The van der Waals surface area contributed by atoms with Crippen LogP contribution in [-0.4, -0.2) is 17.1 Å². The maximum Gasteiger partial charge on any atom is 0.260 e. The maximum atomic E-state index is 12.9. The number of nitrogens with one attached hydrogen (secondary N) is 1. The number of aromatic amines is 1. The molecule has 0 aliphatic heterocycles. The molecule has 0 fully saturated rings. The number of aromatic nitrogens is 2. The summed E-state index contributed by atoms with van der Waals surface area (Å²) >= 11 is 1.57. The van der Waals surface area contributed by atoms with E-state index in [0.29, 0.717) is 17.6 Å². The van der Waals surface area contributed by atoms with Crippen molar-refractivity contribution in [3.8, 4) is 16.9 Å². The van der Waals surface area contributed by atoms with E-state index in [9.17, 15) is 4.79 Å². The molecule has 2 heterocycles. The number of nitrogens with zero attached hydrogens (tertiary/aromatic N) is 1. The van der Waals surface area contributed by atoms with Gasteiger partial charge in [-0.1, -0.05) is 36.4 Å². The van der Waals surface area contributed by atoms with E-state index in [-0.39, 0.29) is 5.56 Å². The van der Waals surface area contributed by atoms with Gasteiger partial charge >= 0.3 is 0 Å². The Hall–Kier alpha value is -2.92. The van der Waals surface area contributed by atoms with E-state index >= 15 is 0 Å². The van der Waals surface area contributed by atoms with Crippen molar-refractivity contribution in [2.75, 3.05) is 7.11 Å². The van der Waals surface area contributed by atoms with E-state index in [1.54, 1.807) is 18.4 Å². The fourth-order valence-electron chi connectivity index (χ4n) is 3.42. The molecule has 0 radical (unpaired) electrons. The van der Waals surface area contributed by atoms with Gasteiger partial charge in [-0.2, -0.15) is 0 Å². The van der Waals surface area contributed by atoms with Gasteiger partial charge in [0, 0.05) is 16.9 Å². The van der Waals surface area contributed by atoms with Gasteiger partial charge in [-0.15, -0.1) is 11.3 Å². The molecule has 0 saturated heterocycles. The minimum absolute atomic E-state index is 0.0845. The van der Waals surface area contributed by atoms with Gasteiger partial charge < -0.3 is 9.72 Å². The lowest BCUT2D eigenvalue weighted by Gasteiger charge is -2.08. The van der Waals surface area contributed by atoms with E-state index in [2.05, 4.69) is 11.1 Å². The fraction of sp³-hybridized carbons (Fsp3) is 0.182. The van der Waals surface area contributed by atoms with Crippen molar-refractivity contribution in [3.63, 3.8) is 0 Å². The second-order valence-corrected chi connectivity index (χ2v) is 7.78. The molecule has 0 amide bonds. The zero-order valence-corrected chi connectivity index (χ0v) is 16.3. The van der Waals surface area contributed by atoms with Gasteiger partial charge in [-0.05, 0) is 42.7 Å². The standard InChI is InChI=1S/C22H20N2O2S/c1-13-11-16(9-10-17(13)26-3)19-14(2)27-22-20(19)21(25)23-18(24-22)12-15-7-5-4-6-8-15/h4-11H,12H2,1-3H3,(H,23,24,25). The normalized spacial score (nSPS) is 11.1. The van der Waals surface area contributed by atoms with E-state index in [1.807, 2.05) is 56.3 Å². The van der Waals surface area contributed by atoms with E-state index in [1.165, 1.54) is 0 Å². The molecule has 0 spiro atoms. The summed E-state index contributed by atoms with van der Waals surface area (Å²) in [5, 5.41) is 0.666. The largest absolute Gasteiger partial charge is 0.496 e. The number of benzene rings is 2. The average molecular weight is 376 g/mol. The lowest BCUT2D eigenvalue weighted by Crippen LogP contribution is -2.11. The molecule has 0 atom stereocenters. The Bertz CT molecular complexity index is 1180. The summed E-state index contributed by atoms with van der Waals surface area (Å²) in [4.78, 5) is 22.5. The van der Waals surface area contributed by atoms with Crippen LogP contribution in [-0.2, 0) is 6.42 Å². The number of hydrogen-bond acceptors (Lipinski definition) is 4. The Morgan fingerprint density at radius 3 is 2.59 bits per heavy atom. The number of fused-ring (bicyclic) bond motifs is 1. The molecule has 27 heavy (non-hydrogen) atoms. The summed E-state index contributed by atoms with van der Waals surface area (Å²) in [5.41, 5.74) is 4.05. The fourth-order valence-corrected chi connectivity index (χ4v) is 4.48. The number of methoxy groups -OCH3 is 1. The molecule has 4 rings (SSSR count). The molecule has 4 aromatic rings. The van der Waals surface area contributed by atoms with Crippen LogP contribution in [0, 0.1) is 13.8 Å². The maximum absolute atomic E-state index is 12.9. The van der Waals surface area contributed by atoms with Crippen LogP contribution in [0.4, 0.5) is 0 Å². The summed E-state index contributed by atoms with van der Waals surface area (Å²) in [5.74, 6) is 1.53. The summed E-state index contributed by atoms with van der Waals surface area (Å²) in [6, 6.07) is 16.0. The predicted molar refractivity (Wildman–Crippen MR) is 111 cm³/mol. The number of thiophene rings is 1. The Labute approximate surface area is 161 Å². The Morgan fingerprint density at radius 1 is 1.11 bits per heavy atom. The third-order valence-corrected chi connectivity index (χ3v) is 5.68. The van der Waals surface area contributed by atoms with Crippen LogP contribution in [0.25, 0.3) is 21.3 Å². The first kappa shape index (κ1) is 17.5. The Morgan fingerprint density at radius 2 is 1.89 bits per heavy atom. The van der Waals surface area contributed by atoms with Crippen molar-refractivity contribution in [3.05, 3.63) is 80.7 Å². The van der Waals surface area contributed by atoms with E-state index in [4.69, 9.17) is 9.72 Å². The molecule has 2 aromatic carbocycles. The quantitative estimate of drug-likeness (QED) is 0.553. The van der Waals surface area contributed by atoms with E-state index in [0.717, 1.165) is 37.7 Å². The van der Waals surface area contributed by atoms with Gasteiger partial charge in [-0.25, -0.2) is 4.98 Å². The van der Waals surface area contributed by atoms with Crippen LogP contribution in [0.1, 0.15) is 21.8 Å². The van der Waals surface area contributed by atoms with Crippen molar-refractivity contribution in [1.29, 1.82) is 0 Å². The lowest BCUT2D eigenvalue weighted by atomic mass is 10.0. The molecule has 1 N–H and O–H groups in total. The first-order chi connectivity index (χ1) is 13.1. The van der Waals surface area contributed by atoms with Gasteiger partial charge in [-0.3, -0.25) is 4.79 Å². The topological polar surface area (TPSA) is 55.0 Å². The monoisotopic (exact) mass is 376 g/mol. The molecule has 0 aliphatic rings. The van der Waals surface area contributed by atoms with Crippen LogP contribution >= 0.6 is 11.3 Å². The molecule has 4 nitrogen and oxygen atoms in total. The molecule has 0 unspecified atom stereocenters. The van der Waals surface area contributed by atoms with Gasteiger partial charge in [0.2, 0.25) is 0 Å². The third kappa shape index (κ3) is 3.26. The van der Waals surface area contributed by atoms with Crippen LogP contribution in [0.2, 0.25) is 0 Å². The zero-order valence-electron chi connectivity index (χ0n) is 15.5. The van der Waals surface area contributed by atoms with Crippen molar-refractivity contribution >= 4 is 21.6 Å². The smallest absolute Gasteiger partial charge is 0.260 e. The third-order valence-electron chi connectivity index (χ3n) is 4.68.